The van der Waals surface area contributed by atoms with Crippen LogP contribution in [0.15, 0.2) is 41.1 Å². The first-order valence-electron chi connectivity index (χ1n) is 6.49. The van der Waals surface area contributed by atoms with E-state index in [1.807, 2.05) is 6.07 Å². The van der Waals surface area contributed by atoms with Gasteiger partial charge < -0.3 is 5.21 Å². The maximum Gasteiger partial charge on any atom is 0.416 e. The zero-order valence-corrected chi connectivity index (χ0v) is 13.3. The van der Waals surface area contributed by atoms with Crippen molar-refractivity contribution in [3.8, 4) is 11.5 Å². The Morgan fingerprint density at radius 1 is 1.22 bits per heavy atom. The van der Waals surface area contributed by atoms with Crippen LogP contribution in [0, 0.1) is 12.1 Å². The predicted molar refractivity (Wildman–Crippen MR) is 81.4 cm³/mol. The molecule has 3 aromatic rings. The molecule has 0 amide bonds. The van der Waals surface area contributed by atoms with Crippen LogP contribution in [0.3, 0.4) is 0 Å². The first-order chi connectivity index (χ1) is 10.8. The molecular weight excluding hydrogens is 375 g/mol. The third kappa shape index (κ3) is 2.98. The van der Waals surface area contributed by atoms with E-state index in [1.165, 1.54) is 6.20 Å². The van der Waals surface area contributed by atoms with Crippen molar-refractivity contribution < 1.29 is 17.9 Å². The summed E-state index contributed by atoms with van der Waals surface area (Å²) in [6.45, 7) is 1.80. The lowest BCUT2D eigenvalue weighted by Gasteiger charge is -2.10. The Morgan fingerprint density at radius 3 is 2.65 bits per heavy atom. The number of hydrogen-bond donors (Lipinski definition) is 0. The highest BCUT2D eigenvalue weighted by Gasteiger charge is 2.32. The summed E-state index contributed by atoms with van der Waals surface area (Å²) in [4.78, 5) is 8.05. The highest BCUT2D eigenvalue weighted by Crippen LogP contribution is 2.30. The molecule has 0 saturated carbocycles. The molecule has 0 aliphatic carbocycles. The van der Waals surface area contributed by atoms with Gasteiger partial charge in [-0.05, 0) is 36.2 Å². The fourth-order valence-electron chi connectivity index (χ4n) is 2.25. The number of rotatable bonds is 1. The molecule has 0 fully saturated rings. The Morgan fingerprint density at radius 2 is 1.96 bits per heavy atom. The van der Waals surface area contributed by atoms with Crippen LogP contribution in [-0.2, 0) is 6.18 Å². The van der Waals surface area contributed by atoms with Gasteiger partial charge in [-0.2, -0.15) is 13.2 Å². The summed E-state index contributed by atoms with van der Waals surface area (Å²) in [6, 6.07) is 5.19. The van der Waals surface area contributed by atoms with Crippen LogP contribution in [0.5, 0.6) is 0 Å². The maximum atomic E-state index is 12.8. The number of nitrogens with zero attached hydrogens (tertiary/aromatic N) is 3. The van der Waals surface area contributed by atoms with Gasteiger partial charge in [0, 0.05) is 16.2 Å². The maximum absolute atomic E-state index is 12.8. The van der Waals surface area contributed by atoms with Crippen LogP contribution in [0.2, 0.25) is 0 Å². The van der Waals surface area contributed by atoms with Gasteiger partial charge in [0.25, 0.3) is 0 Å². The molecule has 0 unspecified atom stereocenters. The van der Waals surface area contributed by atoms with Gasteiger partial charge in [0.1, 0.15) is 6.20 Å². The van der Waals surface area contributed by atoms with E-state index < -0.39 is 11.7 Å². The summed E-state index contributed by atoms with van der Waals surface area (Å²) in [5.41, 5.74) is 0.327. The van der Waals surface area contributed by atoms with Gasteiger partial charge in [-0.3, -0.25) is 0 Å². The van der Waals surface area contributed by atoms with E-state index in [4.69, 9.17) is 0 Å². The topological polar surface area (TPSA) is 52.7 Å². The smallest absolute Gasteiger partial charge is 0.416 e. The SMILES string of the molecule is Cc1cc(Br)cc2c[n+]([O-])c(-c3cc(C(F)(F)F)ccn3)nc12. The van der Waals surface area contributed by atoms with E-state index >= 15 is 0 Å². The molecule has 8 heteroatoms. The molecule has 0 saturated heterocycles. The van der Waals surface area contributed by atoms with Crippen molar-refractivity contribution >= 4 is 26.8 Å². The van der Waals surface area contributed by atoms with Gasteiger partial charge in [0.05, 0.1) is 10.9 Å². The highest BCUT2D eigenvalue weighted by atomic mass is 79.9. The van der Waals surface area contributed by atoms with E-state index in [0.29, 0.717) is 15.6 Å². The van der Waals surface area contributed by atoms with Crippen molar-refractivity contribution in [3.63, 3.8) is 0 Å². The zero-order valence-electron chi connectivity index (χ0n) is 11.7. The number of aryl methyl sites for hydroxylation is 1. The van der Waals surface area contributed by atoms with Crippen LogP contribution in [0.25, 0.3) is 22.4 Å². The van der Waals surface area contributed by atoms with Crippen molar-refractivity contribution in [2.45, 2.75) is 13.1 Å². The lowest BCUT2D eigenvalue weighted by atomic mass is 10.1. The van der Waals surface area contributed by atoms with Crippen LogP contribution in [0.1, 0.15) is 11.1 Å². The Bertz CT molecular complexity index is 912. The molecule has 0 aliphatic rings. The number of halogens is 4. The van der Waals surface area contributed by atoms with Gasteiger partial charge in [0.15, 0.2) is 11.2 Å². The number of pyridine rings is 1. The Hall–Kier alpha value is -2.22. The Kier molecular flexibility index (Phi) is 3.71. The van der Waals surface area contributed by atoms with Crippen LogP contribution in [-0.4, -0.2) is 9.97 Å². The van der Waals surface area contributed by atoms with Gasteiger partial charge in [-0.25, -0.2) is 9.71 Å². The molecular formula is C15H9BrF3N3O. The Balaban J connectivity index is 2.23. The molecule has 118 valence electrons. The zero-order chi connectivity index (χ0) is 16.8. The molecule has 0 radical (unpaired) electrons. The summed E-state index contributed by atoms with van der Waals surface area (Å²) >= 11 is 3.33. The number of aromatic nitrogens is 3. The molecule has 0 bridgehead atoms. The van der Waals surface area contributed by atoms with Crippen molar-refractivity contribution in [2.75, 3.05) is 0 Å². The molecule has 1 aromatic carbocycles. The number of hydrogen-bond acceptors (Lipinski definition) is 3. The Labute approximate surface area is 137 Å². The minimum atomic E-state index is -4.51. The average molecular weight is 384 g/mol. The molecule has 2 heterocycles. The summed E-state index contributed by atoms with van der Waals surface area (Å²) in [7, 11) is 0. The minimum Gasteiger partial charge on any atom is -0.710 e. The monoisotopic (exact) mass is 383 g/mol. The van der Waals surface area contributed by atoms with E-state index in [0.717, 1.165) is 28.4 Å². The number of alkyl halides is 3. The van der Waals surface area contributed by atoms with Crippen LogP contribution >= 0.6 is 15.9 Å². The fourth-order valence-corrected chi connectivity index (χ4v) is 2.84. The normalized spacial score (nSPS) is 11.9. The molecule has 0 aliphatic heterocycles. The van der Waals surface area contributed by atoms with E-state index in [1.54, 1.807) is 13.0 Å². The molecule has 0 N–H and O–H groups in total. The summed E-state index contributed by atoms with van der Waals surface area (Å²) in [5.74, 6) is -0.172. The minimum absolute atomic E-state index is 0.126. The van der Waals surface area contributed by atoms with Gasteiger partial charge >= 0.3 is 12.0 Å². The first kappa shape index (κ1) is 15.7. The van der Waals surface area contributed by atoms with Gasteiger partial charge in [-0.15, -0.1) is 0 Å². The number of benzene rings is 1. The van der Waals surface area contributed by atoms with Crippen molar-refractivity contribution in [3.05, 3.63) is 57.5 Å². The fraction of sp³-hybridized carbons (Fsp3) is 0.133. The third-order valence-corrected chi connectivity index (χ3v) is 3.75. The largest absolute Gasteiger partial charge is 0.710 e. The molecule has 0 spiro atoms. The summed E-state index contributed by atoms with van der Waals surface area (Å²) < 4.78 is 39.6. The van der Waals surface area contributed by atoms with E-state index in [2.05, 4.69) is 25.9 Å². The van der Waals surface area contributed by atoms with E-state index in [-0.39, 0.29) is 11.5 Å². The second-order valence-corrected chi connectivity index (χ2v) is 5.89. The van der Waals surface area contributed by atoms with Gasteiger partial charge in [0.2, 0.25) is 0 Å². The molecule has 4 nitrogen and oxygen atoms in total. The standard InChI is InChI=1S/C15H9BrF3N3O/c1-8-4-11(16)5-9-7-22(23)14(21-13(8)9)12-6-10(2-3-20-12)15(17,18)19/h2-7H,1H3. The lowest BCUT2D eigenvalue weighted by Crippen LogP contribution is -2.30. The first-order valence-corrected chi connectivity index (χ1v) is 7.29. The number of fused-ring (bicyclic) bond motifs is 1. The second-order valence-electron chi connectivity index (χ2n) is 4.98. The van der Waals surface area contributed by atoms with Crippen molar-refractivity contribution in [2.24, 2.45) is 0 Å². The summed E-state index contributed by atoms with van der Waals surface area (Å²) in [6.07, 6.45) is -2.22. The van der Waals surface area contributed by atoms with E-state index in [9.17, 15) is 18.4 Å². The highest BCUT2D eigenvalue weighted by molar-refractivity contribution is 9.10. The van der Waals surface area contributed by atoms with Gasteiger partial charge in [-0.1, -0.05) is 15.9 Å². The van der Waals surface area contributed by atoms with Crippen LogP contribution in [0.4, 0.5) is 13.2 Å². The average Bonchev–Trinajstić information content (AvgIpc) is 2.45. The predicted octanol–water partition coefficient (Wildman–Crippen LogP) is 4.02. The molecule has 3 rings (SSSR count). The molecule has 23 heavy (non-hydrogen) atoms. The lowest BCUT2D eigenvalue weighted by molar-refractivity contribution is -0.595. The molecule has 2 aromatic heterocycles. The molecule has 0 atom stereocenters. The third-order valence-electron chi connectivity index (χ3n) is 3.29. The van der Waals surface area contributed by atoms with Crippen molar-refractivity contribution in [1.29, 1.82) is 0 Å². The van der Waals surface area contributed by atoms with Crippen LogP contribution < -0.4 is 4.73 Å². The quantitative estimate of drug-likeness (QED) is 0.471. The second kappa shape index (κ2) is 5.45. The van der Waals surface area contributed by atoms with Crippen molar-refractivity contribution in [1.82, 2.24) is 9.97 Å². The summed E-state index contributed by atoms with van der Waals surface area (Å²) in [5, 5.41) is 12.7.